The zero-order valence-electron chi connectivity index (χ0n) is 12.0. The first-order chi connectivity index (χ1) is 9.17. The molecular formula is C15H25ClN2O2. The number of hydrogen-bond donors (Lipinski definition) is 0. The van der Waals surface area contributed by atoms with Gasteiger partial charge in [-0.3, -0.25) is 4.79 Å². The van der Waals surface area contributed by atoms with Crippen molar-refractivity contribution in [3.05, 3.63) is 5.21 Å². The molecule has 5 atom stereocenters. The highest BCUT2D eigenvalue weighted by Gasteiger charge is 2.52. The van der Waals surface area contributed by atoms with E-state index in [0.717, 1.165) is 51.7 Å². The molecule has 0 spiro atoms. The number of carbonyl (C=O) groups excluding carboxylic acids is 1. The fourth-order valence-corrected chi connectivity index (χ4v) is 5.40. The summed E-state index contributed by atoms with van der Waals surface area (Å²) in [6.45, 7) is 2.50. The first-order valence-corrected chi connectivity index (χ1v) is 8.05. The molecule has 5 heteroatoms. The first kappa shape index (κ1) is 14.6. The second-order valence-corrected chi connectivity index (χ2v) is 7.18. The summed E-state index contributed by atoms with van der Waals surface area (Å²) in [7, 11) is 0. The van der Waals surface area contributed by atoms with Crippen LogP contribution in [-0.4, -0.2) is 47.2 Å². The molecule has 20 heavy (non-hydrogen) atoms. The first-order valence-electron chi connectivity index (χ1n) is 8.05. The summed E-state index contributed by atoms with van der Waals surface area (Å²) in [5, 5.41) is 13.1. The van der Waals surface area contributed by atoms with Crippen molar-refractivity contribution in [2.45, 2.75) is 57.0 Å². The van der Waals surface area contributed by atoms with E-state index in [4.69, 9.17) is 0 Å². The monoisotopic (exact) mass is 300 g/mol. The standard InChI is InChI=1S/C15H24N2O2.ClH/c18-15-6-3-4-13-12-8-11(9-16(13)15)14-5-1-2-7-17(14,19)10-12;/h11-14H,1-10H2;1H/t11-,12-,13+,14+,17-;/m1./s1. The molecular weight excluding hydrogens is 276 g/mol. The van der Waals surface area contributed by atoms with Crippen molar-refractivity contribution in [1.29, 1.82) is 0 Å². The van der Waals surface area contributed by atoms with E-state index in [0.29, 0.717) is 29.8 Å². The Morgan fingerprint density at radius 1 is 1.15 bits per heavy atom. The van der Waals surface area contributed by atoms with Crippen molar-refractivity contribution in [3.8, 4) is 0 Å². The van der Waals surface area contributed by atoms with Crippen molar-refractivity contribution < 1.29 is 9.44 Å². The molecule has 0 aromatic heterocycles. The molecule has 4 aliphatic rings. The van der Waals surface area contributed by atoms with Crippen LogP contribution in [-0.2, 0) is 4.79 Å². The highest BCUT2D eigenvalue weighted by molar-refractivity contribution is 5.85. The minimum Gasteiger partial charge on any atom is -0.633 e. The van der Waals surface area contributed by atoms with Crippen LogP contribution in [0.1, 0.15) is 44.9 Å². The van der Waals surface area contributed by atoms with Gasteiger partial charge in [0.15, 0.2) is 0 Å². The van der Waals surface area contributed by atoms with E-state index in [1.807, 2.05) is 0 Å². The summed E-state index contributed by atoms with van der Waals surface area (Å²) in [6.07, 6.45) is 7.52. The third kappa shape index (κ3) is 2.08. The van der Waals surface area contributed by atoms with Crippen molar-refractivity contribution >= 4 is 18.3 Å². The maximum Gasteiger partial charge on any atom is 0.222 e. The van der Waals surface area contributed by atoms with Gasteiger partial charge in [0, 0.05) is 37.3 Å². The summed E-state index contributed by atoms with van der Waals surface area (Å²) in [4.78, 5) is 14.3. The van der Waals surface area contributed by atoms with Crippen molar-refractivity contribution in [1.82, 2.24) is 4.90 Å². The summed E-state index contributed by atoms with van der Waals surface area (Å²) in [5.41, 5.74) is 0. The van der Waals surface area contributed by atoms with Gasteiger partial charge in [0.2, 0.25) is 5.91 Å². The van der Waals surface area contributed by atoms with Gasteiger partial charge in [-0.2, -0.15) is 0 Å². The van der Waals surface area contributed by atoms with Gasteiger partial charge in [-0.05, 0) is 32.1 Å². The topological polar surface area (TPSA) is 43.4 Å². The van der Waals surface area contributed by atoms with E-state index < -0.39 is 0 Å². The van der Waals surface area contributed by atoms with Gasteiger partial charge in [-0.25, -0.2) is 0 Å². The lowest BCUT2D eigenvalue weighted by atomic mass is 9.70. The van der Waals surface area contributed by atoms with Crippen molar-refractivity contribution in [2.75, 3.05) is 19.6 Å². The van der Waals surface area contributed by atoms with E-state index in [1.165, 1.54) is 12.8 Å². The molecule has 0 aliphatic carbocycles. The molecule has 0 aromatic rings. The molecule has 2 bridgehead atoms. The number of rotatable bonds is 0. The van der Waals surface area contributed by atoms with Crippen LogP contribution >= 0.6 is 12.4 Å². The Balaban J connectivity index is 0.00000121. The van der Waals surface area contributed by atoms with Gasteiger partial charge in [0.05, 0.1) is 19.1 Å². The van der Waals surface area contributed by atoms with Gasteiger partial charge in [-0.1, -0.05) is 0 Å². The number of quaternary nitrogens is 1. The molecule has 4 saturated heterocycles. The van der Waals surface area contributed by atoms with Gasteiger partial charge >= 0.3 is 0 Å². The lowest BCUT2D eigenvalue weighted by molar-refractivity contribution is -0.925. The van der Waals surface area contributed by atoms with Crippen LogP contribution < -0.4 is 0 Å². The largest absolute Gasteiger partial charge is 0.633 e. The van der Waals surface area contributed by atoms with Crippen LogP contribution in [0.5, 0.6) is 0 Å². The number of amides is 1. The Morgan fingerprint density at radius 3 is 2.85 bits per heavy atom. The molecule has 0 N–H and O–H groups in total. The van der Waals surface area contributed by atoms with E-state index in [2.05, 4.69) is 4.90 Å². The molecule has 4 nitrogen and oxygen atoms in total. The van der Waals surface area contributed by atoms with E-state index in [9.17, 15) is 10.0 Å². The molecule has 4 aliphatic heterocycles. The summed E-state index contributed by atoms with van der Waals surface area (Å²) in [6, 6.07) is 0.685. The molecule has 1 amide bonds. The maximum atomic E-state index is 13.1. The summed E-state index contributed by atoms with van der Waals surface area (Å²) in [5.74, 6) is 1.32. The SMILES string of the molecule is Cl.O=C1CCC[C@H]2[C@@H]3C[C@H](CN12)[C@@H]1CCCC[N@@+]1([O-])C3. The van der Waals surface area contributed by atoms with Gasteiger partial charge in [0.25, 0.3) is 0 Å². The van der Waals surface area contributed by atoms with Gasteiger partial charge in [-0.15, -0.1) is 12.4 Å². The molecule has 0 radical (unpaired) electrons. The smallest absolute Gasteiger partial charge is 0.222 e. The van der Waals surface area contributed by atoms with Crippen LogP contribution in [0.15, 0.2) is 0 Å². The van der Waals surface area contributed by atoms with E-state index in [1.54, 1.807) is 0 Å². The van der Waals surface area contributed by atoms with Crippen molar-refractivity contribution in [3.63, 3.8) is 0 Å². The average molecular weight is 301 g/mol. The lowest BCUT2D eigenvalue weighted by Gasteiger charge is -2.63. The Morgan fingerprint density at radius 2 is 2.00 bits per heavy atom. The fraction of sp³-hybridized carbons (Fsp3) is 0.933. The summed E-state index contributed by atoms with van der Waals surface area (Å²) < 4.78 is 0.0772. The number of halogens is 1. The minimum atomic E-state index is 0. The molecule has 0 unspecified atom stereocenters. The minimum absolute atomic E-state index is 0. The second-order valence-electron chi connectivity index (χ2n) is 7.18. The maximum absolute atomic E-state index is 13.1. The number of piperidine rings is 4. The number of hydrogen-bond acceptors (Lipinski definition) is 2. The third-order valence-electron chi connectivity index (χ3n) is 6.17. The van der Waals surface area contributed by atoms with E-state index >= 15 is 0 Å². The Hall–Kier alpha value is -0.320. The molecule has 4 fully saturated rings. The van der Waals surface area contributed by atoms with Gasteiger partial charge < -0.3 is 14.8 Å². The predicted octanol–water partition coefficient (Wildman–Crippen LogP) is 2.31. The fourth-order valence-electron chi connectivity index (χ4n) is 5.40. The number of fused-ring (bicyclic) bond motifs is 6. The normalized spacial score (nSPS) is 47.0. The van der Waals surface area contributed by atoms with Gasteiger partial charge in [0.1, 0.15) is 0 Å². The molecule has 0 aromatic carbocycles. The van der Waals surface area contributed by atoms with Crippen LogP contribution in [0.3, 0.4) is 0 Å². The molecule has 4 rings (SSSR count). The quantitative estimate of drug-likeness (QED) is 0.509. The Bertz CT molecular complexity index is 405. The number of nitrogens with zero attached hydrogens (tertiary/aromatic N) is 2. The lowest BCUT2D eigenvalue weighted by Crippen LogP contribution is -2.69. The number of carbonyl (C=O) groups is 1. The Kier molecular flexibility index (Phi) is 3.76. The van der Waals surface area contributed by atoms with Crippen LogP contribution in [0.4, 0.5) is 0 Å². The average Bonchev–Trinajstić information content (AvgIpc) is 2.39. The third-order valence-corrected chi connectivity index (χ3v) is 6.17. The summed E-state index contributed by atoms with van der Waals surface area (Å²) >= 11 is 0. The molecule has 4 heterocycles. The van der Waals surface area contributed by atoms with Crippen LogP contribution in [0.25, 0.3) is 0 Å². The molecule has 0 saturated carbocycles. The zero-order chi connectivity index (χ0) is 13.0. The zero-order valence-corrected chi connectivity index (χ0v) is 12.8. The highest BCUT2D eigenvalue weighted by atomic mass is 35.5. The predicted molar refractivity (Wildman–Crippen MR) is 79.2 cm³/mol. The highest BCUT2D eigenvalue weighted by Crippen LogP contribution is 2.46. The second kappa shape index (κ2) is 5.15. The van der Waals surface area contributed by atoms with Crippen molar-refractivity contribution in [2.24, 2.45) is 11.8 Å². The van der Waals surface area contributed by atoms with Crippen LogP contribution in [0, 0.1) is 17.0 Å². The van der Waals surface area contributed by atoms with Crippen LogP contribution in [0.2, 0.25) is 0 Å². The van der Waals surface area contributed by atoms with E-state index in [-0.39, 0.29) is 17.1 Å². The Labute approximate surface area is 127 Å². The molecule has 114 valence electrons. The number of hydroxylamine groups is 3.